The summed E-state index contributed by atoms with van der Waals surface area (Å²) in [6.07, 6.45) is 0.499. The minimum absolute atomic E-state index is 0.00248. The molecule has 1 N–H and O–H groups in total. The lowest BCUT2D eigenvalue weighted by molar-refractivity contribution is -0.138. The fourth-order valence-corrected chi connectivity index (χ4v) is 3.23. The molecule has 1 unspecified atom stereocenters. The molecule has 0 fully saturated rings. The highest BCUT2D eigenvalue weighted by atomic mass is 16.5. The van der Waals surface area contributed by atoms with Crippen LogP contribution in [0.5, 0.6) is 5.75 Å². The quantitative estimate of drug-likeness (QED) is 0.487. The van der Waals surface area contributed by atoms with Gasteiger partial charge in [0.2, 0.25) is 0 Å². The van der Waals surface area contributed by atoms with E-state index in [1.54, 1.807) is 11.9 Å². The van der Waals surface area contributed by atoms with E-state index in [4.69, 9.17) is 16.4 Å². The number of likely N-dealkylation sites (N-methyl/N-ethyl adjacent to an activating group) is 1. The number of carboxylic acids is 1. The number of hydrogen-bond acceptors (Lipinski definition) is 3. The van der Waals surface area contributed by atoms with E-state index in [1.165, 1.54) is 0 Å². The largest absolute Gasteiger partial charge is 0.486 e. The zero-order valence-electron chi connectivity index (χ0n) is 16.9. The van der Waals surface area contributed by atoms with E-state index in [0.29, 0.717) is 18.7 Å². The number of carboxylic acid groups (broad SMARTS) is 1. The second-order valence-corrected chi connectivity index (χ2v) is 7.12. The predicted molar refractivity (Wildman–Crippen MR) is 118 cm³/mol. The topological polar surface area (TPSA) is 54.1 Å². The van der Waals surface area contributed by atoms with Crippen LogP contribution in [-0.4, -0.2) is 36.1 Å². The molecule has 1 atom stereocenters. The van der Waals surface area contributed by atoms with E-state index >= 15 is 0 Å². The summed E-state index contributed by atoms with van der Waals surface area (Å²) in [5.41, 5.74) is 3.78. The lowest BCUT2D eigenvalue weighted by atomic mass is 10.0. The molecule has 0 saturated carbocycles. The Morgan fingerprint density at radius 3 is 2.17 bits per heavy atom. The van der Waals surface area contributed by atoms with Gasteiger partial charge in [0, 0.05) is 13.0 Å². The molecule has 0 radical (unpaired) electrons. The normalized spacial score (nSPS) is 11.6. The van der Waals surface area contributed by atoms with Crippen molar-refractivity contribution in [2.45, 2.75) is 12.5 Å². The minimum Gasteiger partial charge on any atom is -0.486 e. The van der Waals surface area contributed by atoms with E-state index in [0.717, 1.165) is 22.4 Å². The molecule has 5 heteroatoms. The summed E-state index contributed by atoms with van der Waals surface area (Å²) in [7, 11) is 1.80. The van der Waals surface area contributed by atoms with Crippen LogP contribution < -0.4 is 4.74 Å². The first-order chi connectivity index (χ1) is 14.5. The number of hydrogen-bond donors (Lipinski definition) is 1. The monoisotopic (exact) mass is 400 g/mol. The van der Waals surface area contributed by atoms with Crippen molar-refractivity contribution >= 4 is 11.7 Å². The van der Waals surface area contributed by atoms with Crippen molar-refractivity contribution in [2.75, 3.05) is 20.1 Å². The lowest BCUT2D eigenvalue weighted by Gasteiger charge is -2.22. The van der Waals surface area contributed by atoms with Crippen LogP contribution in [0.3, 0.4) is 0 Å². The highest BCUT2D eigenvalue weighted by molar-refractivity contribution is 5.69. The fraction of sp³-hybridized carbons (Fsp3) is 0.200. The molecule has 152 valence electrons. The van der Waals surface area contributed by atoms with Crippen LogP contribution in [-0.2, 0) is 4.79 Å². The van der Waals surface area contributed by atoms with Crippen LogP contribution >= 0.6 is 0 Å². The van der Waals surface area contributed by atoms with Crippen LogP contribution in [0.1, 0.15) is 18.1 Å². The predicted octanol–water partition coefficient (Wildman–Crippen LogP) is 5.43. The molecule has 0 heterocycles. The van der Waals surface area contributed by atoms with Gasteiger partial charge in [-0.15, -0.1) is 0 Å². The highest BCUT2D eigenvalue weighted by Crippen LogP contribution is 2.28. The average Bonchev–Trinajstić information content (AvgIpc) is 2.77. The van der Waals surface area contributed by atoms with E-state index in [1.807, 2.05) is 78.9 Å². The van der Waals surface area contributed by atoms with Crippen LogP contribution in [0.15, 0.2) is 78.9 Å². The average molecular weight is 400 g/mol. The molecule has 0 aliphatic heterocycles. The molecule has 30 heavy (non-hydrogen) atoms. The second kappa shape index (κ2) is 10.2. The third kappa shape index (κ3) is 5.94. The minimum atomic E-state index is -0.838. The summed E-state index contributed by atoms with van der Waals surface area (Å²) in [6, 6.07) is 25.3. The number of aliphatic carboxylic acids is 1. The summed E-state index contributed by atoms with van der Waals surface area (Å²) in [4.78, 5) is 16.1. The van der Waals surface area contributed by atoms with E-state index in [-0.39, 0.29) is 12.6 Å². The molecule has 0 amide bonds. The smallest absolute Gasteiger partial charge is 0.317 e. The summed E-state index contributed by atoms with van der Waals surface area (Å²) in [5, 5.41) is 8.96. The Kier molecular flexibility index (Phi) is 7.20. The Morgan fingerprint density at radius 1 is 1.00 bits per heavy atom. The van der Waals surface area contributed by atoms with Gasteiger partial charge < -0.3 is 9.84 Å². The molecule has 0 spiro atoms. The van der Waals surface area contributed by atoms with Gasteiger partial charge in [-0.3, -0.25) is 9.69 Å². The Morgan fingerprint density at radius 2 is 1.60 bits per heavy atom. The number of ether oxygens (including phenoxy) is 1. The van der Waals surface area contributed by atoms with Crippen LogP contribution in [0.25, 0.3) is 16.0 Å². The molecule has 0 aliphatic carbocycles. The Labute approximate surface area is 177 Å². The van der Waals surface area contributed by atoms with Crippen LogP contribution in [0.4, 0.5) is 5.69 Å². The van der Waals surface area contributed by atoms with Gasteiger partial charge in [0.1, 0.15) is 11.9 Å². The maximum Gasteiger partial charge on any atom is 0.317 e. The number of benzene rings is 3. The summed E-state index contributed by atoms with van der Waals surface area (Å²) in [5.74, 6) is -0.0824. The van der Waals surface area contributed by atoms with Crippen molar-refractivity contribution in [2.24, 2.45) is 0 Å². The summed E-state index contributed by atoms with van der Waals surface area (Å²) >= 11 is 0. The molecule has 0 saturated heterocycles. The third-order valence-corrected chi connectivity index (χ3v) is 4.81. The number of nitrogens with zero attached hydrogens (tertiary/aromatic N) is 2. The highest BCUT2D eigenvalue weighted by Gasteiger charge is 2.15. The molecule has 0 bridgehead atoms. The number of rotatable bonds is 9. The van der Waals surface area contributed by atoms with Crippen molar-refractivity contribution in [3.8, 4) is 16.9 Å². The van der Waals surface area contributed by atoms with Gasteiger partial charge >= 0.3 is 5.97 Å². The zero-order chi connectivity index (χ0) is 21.3. The molecule has 3 rings (SSSR count). The van der Waals surface area contributed by atoms with Crippen molar-refractivity contribution in [3.63, 3.8) is 0 Å². The van der Waals surface area contributed by atoms with Crippen LogP contribution in [0.2, 0.25) is 0 Å². The van der Waals surface area contributed by atoms with Gasteiger partial charge in [0.25, 0.3) is 0 Å². The lowest BCUT2D eigenvalue weighted by Crippen LogP contribution is -2.28. The van der Waals surface area contributed by atoms with Gasteiger partial charge in [0.15, 0.2) is 5.69 Å². The van der Waals surface area contributed by atoms with Crippen molar-refractivity contribution < 1.29 is 14.6 Å². The molecule has 3 aromatic carbocycles. The zero-order valence-corrected chi connectivity index (χ0v) is 16.9. The molecular formula is C25H24N2O3. The standard InChI is InChI=1S/C25H24N2O3/c1-26-22-12-8-19(9-13-22)20-10-14-23(15-11-20)30-24(21-6-4-3-5-7-21)16-17-27(2)18-25(28)29/h3-15,24H,16-18H2,2H3,(H,28,29). The van der Waals surface area contributed by atoms with E-state index in [2.05, 4.69) is 4.85 Å². The molecule has 0 aliphatic rings. The van der Waals surface area contributed by atoms with E-state index in [9.17, 15) is 4.79 Å². The van der Waals surface area contributed by atoms with Crippen molar-refractivity contribution in [1.82, 2.24) is 4.90 Å². The van der Waals surface area contributed by atoms with E-state index < -0.39 is 5.97 Å². The Balaban J connectivity index is 1.71. The Bertz CT molecular complexity index is 993. The van der Waals surface area contributed by atoms with Gasteiger partial charge in [-0.1, -0.05) is 66.7 Å². The van der Waals surface area contributed by atoms with Gasteiger partial charge in [-0.2, -0.15) is 0 Å². The molecule has 5 nitrogen and oxygen atoms in total. The number of carbonyl (C=O) groups is 1. The first-order valence-electron chi connectivity index (χ1n) is 9.75. The van der Waals surface area contributed by atoms with Gasteiger partial charge in [0.05, 0.1) is 13.1 Å². The SMILES string of the molecule is [C-]#[N+]c1ccc(-c2ccc(OC(CCN(C)CC(=O)O)c3ccccc3)cc2)cc1. The Hall–Kier alpha value is -3.62. The maximum absolute atomic E-state index is 10.9. The van der Waals surface area contributed by atoms with Crippen LogP contribution in [0, 0.1) is 6.57 Å². The first-order valence-corrected chi connectivity index (χ1v) is 9.75. The summed E-state index contributed by atoms with van der Waals surface area (Å²) in [6.45, 7) is 7.66. The maximum atomic E-state index is 10.9. The van der Waals surface area contributed by atoms with Gasteiger partial charge in [-0.25, -0.2) is 4.85 Å². The van der Waals surface area contributed by atoms with Gasteiger partial charge in [-0.05, 0) is 35.9 Å². The molecule has 3 aromatic rings. The third-order valence-electron chi connectivity index (χ3n) is 4.81. The van der Waals surface area contributed by atoms with Crippen molar-refractivity contribution in [3.05, 3.63) is 95.8 Å². The second-order valence-electron chi connectivity index (χ2n) is 7.12. The fourth-order valence-electron chi connectivity index (χ4n) is 3.23. The van der Waals surface area contributed by atoms with Crippen molar-refractivity contribution in [1.29, 1.82) is 0 Å². The molecular weight excluding hydrogens is 376 g/mol. The first kappa shape index (κ1) is 21.1. The summed E-state index contributed by atoms with van der Waals surface area (Å²) < 4.78 is 6.27. The molecule has 0 aromatic heterocycles.